The average molecular weight is 302 g/mol. The summed E-state index contributed by atoms with van der Waals surface area (Å²) < 4.78 is 18.5. The lowest BCUT2D eigenvalue weighted by Gasteiger charge is -2.09. The number of rotatable bonds is 6. The second-order valence-electron chi connectivity index (χ2n) is 4.91. The fourth-order valence-corrected chi connectivity index (χ4v) is 1.84. The molecule has 0 spiro atoms. The van der Waals surface area contributed by atoms with E-state index in [9.17, 15) is 9.18 Å². The number of hydrogen-bond acceptors (Lipinski definition) is 2. The summed E-state index contributed by atoms with van der Waals surface area (Å²) >= 11 is 0. The topological polar surface area (TPSA) is 50.4 Å². The van der Waals surface area contributed by atoms with E-state index in [1.165, 1.54) is 17.7 Å². The van der Waals surface area contributed by atoms with Crippen LogP contribution in [0, 0.1) is 12.7 Å². The normalized spacial score (nSPS) is 10.1. The number of ether oxygens (including phenoxy) is 1. The number of carbonyl (C=O) groups excluding carboxylic acids is 1. The molecule has 0 saturated carbocycles. The van der Waals surface area contributed by atoms with Crippen LogP contribution in [0.2, 0.25) is 0 Å². The largest absolute Gasteiger partial charge is 0.494 e. The molecule has 0 radical (unpaired) electrons. The van der Waals surface area contributed by atoms with Crippen LogP contribution in [0.15, 0.2) is 48.5 Å². The van der Waals surface area contributed by atoms with Gasteiger partial charge in [-0.15, -0.1) is 0 Å². The number of urea groups is 1. The lowest BCUT2D eigenvalue weighted by atomic mass is 10.2. The van der Waals surface area contributed by atoms with Crippen molar-refractivity contribution in [3.63, 3.8) is 0 Å². The molecule has 2 N–H and O–H groups in total. The van der Waals surface area contributed by atoms with Crippen molar-refractivity contribution in [2.45, 2.75) is 13.3 Å². The van der Waals surface area contributed by atoms with Crippen LogP contribution in [0.1, 0.15) is 12.0 Å². The van der Waals surface area contributed by atoms with Crippen LogP contribution in [0.25, 0.3) is 0 Å². The summed E-state index contributed by atoms with van der Waals surface area (Å²) in [6, 6.07) is 13.2. The molecule has 0 unspecified atom stereocenters. The van der Waals surface area contributed by atoms with E-state index in [4.69, 9.17) is 4.74 Å². The van der Waals surface area contributed by atoms with Crippen molar-refractivity contribution in [3.8, 4) is 5.75 Å². The fourth-order valence-electron chi connectivity index (χ4n) is 1.84. The molecule has 0 aromatic heterocycles. The van der Waals surface area contributed by atoms with Gasteiger partial charge in [-0.3, -0.25) is 0 Å². The van der Waals surface area contributed by atoms with E-state index in [2.05, 4.69) is 10.6 Å². The highest BCUT2D eigenvalue weighted by molar-refractivity contribution is 5.89. The first-order valence-electron chi connectivity index (χ1n) is 7.13. The predicted molar refractivity (Wildman–Crippen MR) is 84.7 cm³/mol. The Labute approximate surface area is 129 Å². The zero-order valence-electron chi connectivity index (χ0n) is 12.4. The van der Waals surface area contributed by atoms with Crippen LogP contribution >= 0.6 is 0 Å². The number of amides is 2. The zero-order chi connectivity index (χ0) is 15.8. The highest BCUT2D eigenvalue weighted by atomic mass is 19.1. The van der Waals surface area contributed by atoms with Crippen molar-refractivity contribution in [2.24, 2.45) is 0 Å². The lowest BCUT2D eigenvalue weighted by molar-refractivity contribution is 0.250. The number of benzene rings is 2. The average Bonchev–Trinajstić information content (AvgIpc) is 2.49. The minimum absolute atomic E-state index is 0.360. The SMILES string of the molecule is Cc1ccc(OCCCNC(=O)Nc2cccc(F)c2)cc1. The van der Waals surface area contributed by atoms with Gasteiger partial charge in [0.2, 0.25) is 0 Å². The molecule has 0 saturated heterocycles. The Hall–Kier alpha value is -2.56. The van der Waals surface area contributed by atoms with Crippen molar-refractivity contribution in [1.82, 2.24) is 5.32 Å². The predicted octanol–water partition coefficient (Wildman–Crippen LogP) is 3.72. The summed E-state index contributed by atoms with van der Waals surface area (Å²) in [4.78, 5) is 11.6. The fraction of sp³-hybridized carbons (Fsp3) is 0.235. The van der Waals surface area contributed by atoms with Gasteiger partial charge >= 0.3 is 6.03 Å². The van der Waals surface area contributed by atoms with Crippen LogP contribution in [-0.2, 0) is 0 Å². The quantitative estimate of drug-likeness (QED) is 0.799. The Morgan fingerprint density at radius 1 is 1.18 bits per heavy atom. The summed E-state index contributed by atoms with van der Waals surface area (Å²) in [6.07, 6.45) is 0.685. The number of hydrogen-bond donors (Lipinski definition) is 2. The molecular weight excluding hydrogens is 283 g/mol. The Bertz CT molecular complexity index is 614. The van der Waals surface area contributed by atoms with Gasteiger partial charge in [0, 0.05) is 12.2 Å². The smallest absolute Gasteiger partial charge is 0.319 e. The van der Waals surface area contributed by atoms with Gasteiger partial charge in [-0.1, -0.05) is 23.8 Å². The number of carbonyl (C=O) groups is 1. The van der Waals surface area contributed by atoms with E-state index >= 15 is 0 Å². The summed E-state index contributed by atoms with van der Waals surface area (Å²) in [5.41, 5.74) is 1.61. The molecule has 0 aliphatic carbocycles. The number of halogens is 1. The van der Waals surface area contributed by atoms with Crippen molar-refractivity contribution in [2.75, 3.05) is 18.5 Å². The zero-order valence-corrected chi connectivity index (χ0v) is 12.4. The maximum absolute atomic E-state index is 13.0. The minimum Gasteiger partial charge on any atom is -0.494 e. The molecule has 4 nitrogen and oxygen atoms in total. The number of nitrogens with one attached hydrogen (secondary N) is 2. The van der Waals surface area contributed by atoms with Gasteiger partial charge in [0.05, 0.1) is 6.61 Å². The molecular formula is C17H19FN2O2. The molecule has 2 rings (SSSR count). The molecule has 2 aromatic carbocycles. The Balaban J connectivity index is 1.62. The van der Waals surface area contributed by atoms with E-state index in [0.717, 1.165) is 5.75 Å². The molecule has 2 aromatic rings. The molecule has 116 valence electrons. The third-order valence-electron chi connectivity index (χ3n) is 2.98. The van der Waals surface area contributed by atoms with Gasteiger partial charge in [-0.25, -0.2) is 9.18 Å². The van der Waals surface area contributed by atoms with E-state index in [-0.39, 0.29) is 11.8 Å². The van der Waals surface area contributed by atoms with E-state index in [1.807, 2.05) is 31.2 Å². The third-order valence-corrected chi connectivity index (χ3v) is 2.98. The minimum atomic E-state index is -0.385. The second-order valence-corrected chi connectivity index (χ2v) is 4.91. The van der Waals surface area contributed by atoms with Crippen molar-refractivity contribution in [1.29, 1.82) is 0 Å². The molecule has 0 heterocycles. The van der Waals surface area contributed by atoms with Gasteiger partial charge in [0.25, 0.3) is 0 Å². The van der Waals surface area contributed by atoms with Gasteiger partial charge in [-0.2, -0.15) is 0 Å². The van der Waals surface area contributed by atoms with E-state index < -0.39 is 0 Å². The first-order chi connectivity index (χ1) is 10.6. The van der Waals surface area contributed by atoms with E-state index in [0.29, 0.717) is 25.3 Å². The highest BCUT2D eigenvalue weighted by Crippen LogP contribution is 2.11. The van der Waals surface area contributed by atoms with Gasteiger partial charge in [-0.05, 0) is 43.7 Å². The van der Waals surface area contributed by atoms with Crippen molar-refractivity contribution in [3.05, 3.63) is 59.9 Å². The van der Waals surface area contributed by atoms with Gasteiger partial charge in [0.1, 0.15) is 11.6 Å². The molecule has 5 heteroatoms. The van der Waals surface area contributed by atoms with Crippen molar-refractivity contribution < 1.29 is 13.9 Å². The van der Waals surface area contributed by atoms with Crippen LogP contribution in [0.3, 0.4) is 0 Å². The Morgan fingerprint density at radius 3 is 2.68 bits per heavy atom. The Morgan fingerprint density at radius 2 is 1.95 bits per heavy atom. The summed E-state index contributed by atoms with van der Waals surface area (Å²) in [6.45, 7) is 3.02. The number of anilines is 1. The third kappa shape index (κ3) is 5.44. The molecule has 22 heavy (non-hydrogen) atoms. The first kappa shape index (κ1) is 15.8. The first-order valence-corrected chi connectivity index (χ1v) is 7.13. The van der Waals surface area contributed by atoms with Crippen LogP contribution < -0.4 is 15.4 Å². The van der Waals surface area contributed by atoms with E-state index in [1.54, 1.807) is 12.1 Å². The number of aryl methyl sites for hydroxylation is 1. The standard InChI is InChI=1S/C17H19FN2O2/c1-13-6-8-16(9-7-13)22-11-3-10-19-17(21)20-15-5-2-4-14(18)12-15/h2,4-9,12H,3,10-11H2,1H3,(H2,19,20,21). The molecule has 0 aliphatic heterocycles. The maximum Gasteiger partial charge on any atom is 0.319 e. The molecule has 0 bridgehead atoms. The highest BCUT2D eigenvalue weighted by Gasteiger charge is 2.01. The monoisotopic (exact) mass is 302 g/mol. The summed E-state index contributed by atoms with van der Waals surface area (Å²) in [7, 11) is 0. The lowest BCUT2D eigenvalue weighted by Crippen LogP contribution is -2.30. The maximum atomic E-state index is 13.0. The molecule has 0 aliphatic rings. The Kier molecular flexibility index (Phi) is 5.77. The van der Waals surface area contributed by atoms with Crippen LogP contribution in [0.4, 0.5) is 14.9 Å². The van der Waals surface area contributed by atoms with Gasteiger partial charge < -0.3 is 15.4 Å². The molecule has 0 atom stereocenters. The molecule has 2 amide bonds. The van der Waals surface area contributed by atoms with Crippen LogP contribution in [-0.4, -0.2) is 19.2 Å². The van der Waals surface area contributed by atoms with Gasteiger partial charge in [0.15, 0.2) is 0 Å². The molecule has 0 fully saturated rings. The van der Waals surface area contributed by atoms with Crippen LogP contribution in [0.5, 0.6) is 5.75 Å². The summed E-state index contributed by atoms with van der Waals surface area (Å²) in [5, 5.41) is 5.26. The van der Waals surface area contributed by atoms with Crippen molar-refractivity contribution >= 4 is 11.7 Å². The second kappa shape index (κ2) is 8.02. The summed E-state index contributed by atoms with van der Waals surface area (Å²) in [5.74, 6) is 0.430.